The van der Waals surface area contributed by atoms with Gasteiger partial charge in [0.25, 0.3) is 5.91 Å². The maximum absolute atomic E-state index is 13.1. The quantitative estimate of drug-likeness (QED) is 0.561. The lowest BCUT2D eigenvalue weighted by Gasteiger charge is -2.40. The molecule has 5 rings (SSSR count). The molecule has 1 fully saturated rings. The van der Waals surface area contributed by atoms with E-state index in [-0.39, 0.29) is 17.9 Å². The van der Waals surface area contributed by atoms with E-state index in [1.165, 1.54) is 0 Å². The maximum Gasteiger partial charge on any atom is 0.410 e. The average Bonchev–Trinajstić information content (AvgIpc) is 2.75. The van der Waals surface area contributed by atoms with Gasteiger partial charge in [-0.25, -0.2) is 4.79 Å². The van der Waals surface area contributed by atoms with Gasteiger partial charge in [-0.05, 0) is 74.7 Å². The summed E-state index contributed by atoms with van der Waals surface area (Å²) >= 11 is 6.32. The molecule has 0 aliphatic carbocycles. The number of ether oxygens (including phenoxy) is 3. The fourth-order valence-electron chi connectivity index (χ4n) is 3.91. The standard InChI is InChI=1S/C27H31ClN2O5/c1-27(2,3)35-26(32)30-16-20(17-30)19-7-9-23-21(15-19)25(31)29-11-10-18-6-8-24(22(28)14-18)34-13-5-4-12-33-23/h4-9,14-15,20H,10-13,16-17H2,1-3H3,(H,29,31)/b5-4+. The molecule has 0 unspecified atom stereocenters. The third-order valence-corrected chi connectivity index (χ3v) is 6.08. The Bertz CT molecular complexity index is 1120. The van der Waals surface area contributed by atoms with Crippen LogP contribution in [0, 0.1) is 0 Å². The molecule has 2 aromatic carbocycles. The lowest BCUT2D eigenvalue weighted by molar-refractivity contribution is 0.00816. The molecule has 2 aromatic rings. The second kappa shape index (κ2) is 10.6. The lowest BCUT2D eigenvalue weighted by atomic mass is 9.90. The molecule has 3 aliphatic rings. The van der Waals surface area contributed by atoms with Crippen LogP contribution in [0.5, 0.6) is 11.5 Å². The highest BCUT2D eigenvalue weighted by atomic mass is 35.5. The Morgan fingerprint density at radius 2 is 1.74 bits per heavy atom. The number of nitrogens with one attached hydrogen (secondary N) is 1. The Labute approximate surface area is 211 Å². The molecule has 1 N–H and O–H groups in total. The summed E-state index contributed by atoms with van der Waals surface area (Å²) in [5, 5.41) is 3.53. The van der Waals surface area contributed by atoms with Gasteiger partial charge in [-0.2, -0.15) is 0 Å². The van der Waals surface area contributed by atoms with Crippen molar-refractivity contribution < 1.29 is 23.8 Å². The van der Waals surface area contributed by atoms with Crippen molar-refractivity contribution in [3.05, 3.63) is 70.3 Å². The number of amides is 2. The van der Waals surface area contributed by atoms with Crippen molar-refractivity contribution in [2.75, 3.05) is 32.8 Å². The van der Waals surface area contributed by atoms with E-state index in [4.69, 9.17) is 25.8 Å². The number of fused-ring (bicyclic) bond motifs is 9. The van der Waals surface area contributed by atoms with Gasteiger partial charge < -0.3 is 24.4 Å². The summed E-state index contributed by atoms with van der Waals surface area (Å²) in [4.78, 5) is 27.0. The number of carbonyl (C=O) groups is 2. The number of rotatable bonds is 1. The fraction of sp³-hybridized carbons (Fsp3) is 0.407. The first-order valence-electron chi connectivity index (χ1n) is 11.8. The minimum atomic E-state index is -0.529. The molecule has 3 heterocycles. The minimum absolute atomic E-state index is 0.138. The summed E-state index contributed by atoms with van der Waals surface area (Å²) in [7, 11) is 0. The van der Waals surface area contributed by atoms with E-state index in [0.29, 0.717) is 61.4 Å². The van der Waals surface area contributed by atoms with Gasteiger partial charge in [0, 0.05) is 25.6 Å². The molecule has 35 heavy (non-hydrogen) atoms. The number of likely N-dealkylation sites (tertiary alicyclic amines) is 1. The smallest absolute Gasteiger partial charge is 0.410 e. The molecule has 186 valence electrons. The summed E-state index contributed by atoms with van der Waals surface area (Å²) in [6.07, 6.45) is 4.01. The van der Waals surface area contributed by atoms with Crippen molar-refractivity contribution in [1.82, 2.24) is 10.2 Å². The number of hydrogen-bond acceptors (Lipinski definition) is 5. The number of benzene rings is 2. The van der Waals surface area contributed by atoms with Crippen LogP contribution in [0.15, 0.2) is 48.6 Å². The molecule has 0 spiro atoms. The van der Waals surface area contributed by atoms with Crippen molar-refractivity contribution in [2.24, 2.45) is 0 Å². The van der Waals surface area contributed by atoms with Crippen molar-refractivity contribution >= 4 is 23.6 Å². The van der Waals surface area contributed by atoms with Crippen LogP contribution in [0.3, 0.4) is 0 Å². The topological polar surface area (TPSA) is 77.1 Å². The zero-order valence-electron chi connectivity index (χ0n) is 20.3. The van der Waals surface area contributed by atoms with Gasteiger partial charge in [0.1, 0.15) is 30.3 Å². The molecule has 0 saturated carbocycles. The van der Waals surface area contributed by atoms with E-state index in [9.17, 15) is 9.59 Å². The number of nitrogens with zero attached hydrogens (tertiary/aromatic N) is 1. The van der Waals surface area contributed by atoms with Crippen LogP contribution in [0.4, 0.5) is 4.79 Å². The van der Waals surface area contributed by atoms with Gasteiger partial charge in [0.05, 0.1) is 10.6 Å². The Kier molecular flexibility index (Phi) is 7.55. The highest BCUT2D eigenvalue weighted by Gasteiger charge is 2.35. The number of hydrogen-bond donors (Lipinski definition) is 1. The zero-order valence-corrected chi connectivity index (χ0v) is 21.1. The Hall–Kier alpha value is -3.19. The zero-order chi connectivity index (χ0) is 25.0. The lowest BCUT2D eigenvalue weighted by Crippen LogP contribution is -2.50. The predicted molar refractivity (Wildman–Crippen MR) is 135 cm³/mol. The van der Waals surface area contributed by atoms with Crippen LogP contribution >= 0.6 is 11.6 Å². The van der Waals surface area contributed by atoms with Crippen LogP contribution in [0.1, 0.15) is 48.2 Å². The minimum Gasteiger partial charge on any atom is -0.489 e. The number of halogens is 1. The highest BCUT2D eigenvalue weighted by Crippen LogP contribution is 2.32. The van der Waals surface area contributed by atoms with E-state index < -0.39 is 5.60 Å². The van der Waals surface area contributed by atoms with Gasteiger partial charge in [-0.1, -0.05) is 23.7 Å². The van der Waals surface area contributed by atoms with E-state index in [0.717, 1.165) is 11.1 Å². The normalized spacial score (nSPS) is 17.9. The molecule has 8 heteroatoms. The molecule has 1 saturated heterocycles. The third-order valence-electron chi connectivity index (χ3n) is 5.79. The third kappa shape index (κ3) is 6.48. The molecule has 2 bridgehead atoms. The maximum atomic E-state index is 13.1. The van der Waals surface area contributed by atoms with Crippen LogP contribution < -0.4 is 14.8 Å². The highest BCUT2D eigenvalue weighted by molar-refractivity contribution is 6.32. The monoisotopic (exact) mass is 498 g/mol. The van der Waals surface area contributed by atoms with E-state index in [1.807, 2.05) is 69.3 Å². The summed E-state index contributed by atoms with van der Waals surface area (Å²) in [5.41, 5.74) is 1.94. The van der Waals surface area contributed by atoms with Crippen LogP contribution in [0.25, 0.3) is 0 Å². The Balaban J connectivity index is 1.48. The van der Waals surface area contributed by atoms with E-state index in [1.54, 1.807) is 4.90 Å². The van der Waals surface area contributed by atoms with Gasteiger partial charge >= 0.3 is 6.09 Å². The van der Waals surface area contributed by atoms with Gasteiger partial charge in [-0.15, -0.1) is 0 Å². The Morgan fingerprint density at radius 1 is 1.06 bits per heavy atom. The largest absolute Gasteiger partial charge is 0.489 e. The van der Waals surface area contributed by atoms with E-state index in [2.05, 4.69) is 5.32 Å². The first-order chi connectivity index (χ1) is 16.7. The molecule has 0 radical (unpaired) electrons. The second-order valence-corrected chi connectivity index (χ2v) is 10.1. The van der Waals surface area contributed by atoms with Crippen molar-refractivity contribution in [1.29, 1.82) is 0 Å². The molecular formula is C27H31ClN2O5. The van der Waals surface area contributed by atoms with Crippen LogP contribution in [-0.2, 0) is 11.2 Å². The summed E-state index contributed by atoms with van der Waals surface area (Å²) in [5.74, 6) is 1.07. The molecular weight excluding hydrogens is 468 g/mol. The van der Waals surface area contributed by atoms with Gasteiger partial charge in [0.15, 0.2) is 0 Å². The van der Waals surface area contributed by atoms with Crippen molar-refractivity contribution in [3.63, 3.8) is 0 Å². The molecule has 0 atom stereocenters. The Morgan fingerprint density at radius 3 is 2.43 bits per heavy atom. The van der Waals surface area contributed by atoms with Gasteiger partial charge in [-0.3, -0.25) is 4.79 Å². The first kappa shape index (κ1) is 24.9. The summed E-state index contributed by atoms with van der Waals surface area (Å²) in [6.45, 7) is 7.77. The van der Waals surface area contributed by atoms with Crippen LogP contribution in [-0.4, -0.2) is 55.3 Å². The summed E-state index contributed by atoms with van der Waals surface area (Å²) in [6, 6.07) is 11.3. The van der Waals surface area contributed by atoms with Gasteiger partial charge in [0.2, 0.25) is 0 Å². The second-order valence-electron chi connectivity index (χ2n) is 9.70. The number of carbonyl (C=O) groups excluding carboxylic acids is 2. The van der Waals surface area contributed by atoms with E-state index >= 15 is 0 Å². The fourth-order valence-corrected chi connectivity index (χ4v) is 4.17. The SMILES string of the molecule is CC(C)(C)OC(=O)N1CC(c2ccc3c(c2)C(=O)NCCc2ccc(c(Cl)c2)OC/C=C/CO3)C1. The summed E-state index contributed by atoms with van der Waals surface area (Å²) < 4.78 is 17.0. The molecule has 2 amide bonds. The predicted octanol–water partition coefficient (Wildman–Crippen LogP) is 4.97. The molecule has 0 aromatic heterocycles. The molecule has 3 aliphatic heterocycles. The molecule has 7 nitrogen and oxygen atoms in total. The van der Waals surface area contributed by atoms with Crippen LogP contribution in [0.2, 0.25) is 5.02 Å². The average molecular weight is 499 g/mol. The van der Waals surface area contributed by atoms with Crippen molar-refractivity contribution in [3.8, 4) is 11.5 Å². The van der Waals surface area contributed by atoms with Crippen molar-refractivity contribution in [2.45, 2.75) is 38.7 Å². The first-order valence-corrected chi connectivity index (χ1v) is 12.2.